The van der Waals surface area contributed by atoms with E-state index in [1.807, 2.05) is 18.7 Å². The summed E-state index contributed by atoms with van der Waals surface area (Å²) in [5, 5.41) is 12.5. The van der Waals surface area contributed by atoms with E-state index in [9.17, 15) is 0 Å². The fraction of sp³-hybridized carbons (Fsp3) is 0.429. The number of nitrogens with one attached hydrogen (secondary N) is 1. The molecule has 0 aliphatic carbocycles. The zero-order valence-corrected chi connectivity index (χ0v) is 12.7. The van der Waals surface area contributed by atoms with Crippen molar-refractivity contribution in [1.29, 1.82) is 0 Å². The Morgan fingerprint density at radius 3 is 2.68 bits per heavy atom. The van der Waals surface area contributed by atoms with Crippen molar-refractivity contribution in [2.45, 2.75) is 31.3 Å². The molecule has 1 aromatic carbocycles. The van der Waals surface area contributed by atoms with Gasteiger partial charge in [0.05, 0.1) is 6.54 Å². The summed E-state index contributed by atoms with van der Waals surface area (Å²) in [5.41, 5.74) is 4.00. The predicted molar refractivity (Wildman–Crippen MR) is 79.2 cm³/mol. The summed E-state index contributed by atoms with van der Waals surface area (Å²) in [6.45, 7) is 5.03. The van der Waals surface area contributed by atoms with Gasteiger partial charge in [-0.05, 0) is 37.6 Å². The number of rotatable bonds is 5. The molecule has 0 atom stereocenters. The second-order valence-electron chi connectivity index (χ2n) is 4.70. The first-order valence-corrected chi connectivity index (χ1v) is 7.32. The highest BCUT2D eigenvalue weighted by molar-refractivity contribution is 7.98. The largest absolute Gasteiger partial charge is 0.313 e. The quantitative estimate of drug-likeness (QED) is 0.852. The molecule has 2 aromatic rings. The summed E-state index contributed by atoms with van der Waals surface area (Å²) in [7, 11) is 3.92. The lowest BCUT2D eigenvalue weighted by Crippen LogP contribution is -2.10. The van der Waals surface area contributed by atoms with Gasteiger partial charge in [0.25, 0.3) is 0 Å². The molecule has 0 unspecified atom stereocenters. The fourth-order valence-corrected chi connectivity index (χ4v) is 2.70. The van der Waals surface area contributed by atoms with E-state index in [1.165, 1.54) is 16.7 Å². The zero-order valence-electron chi connectivity index (χ0n) is 11.9. The summed E-state index contributed by atoms with van der Waals surface area (Å²) in [4.78, 5) is 0. The third kappa shape index (κ3) is 3.36. The van der Waals surface area contributed by atoms with Gasteiger partial charge in [-0.25, -0.2) is 0 Å². The lowest BCUT2D eigenvalue weighted by Gasteiger charge is -2.05. The molecule has 0 amide bonds. The first-order valence-electron chi connectivity index (χ1n) is 6.33. The van der Waals surface area contributed by atoms with E-state index in [2.05, 4.69) is 47.6 Å². The number of benzene rings is 1. The average Bonchev–Trinajstić information content (AvgIpc) is 2.73. The minimum atomic E-state index is 0.744. The number of aryl methyl sites for hydroxylation is 2. The standard InChI is InChI=1S/C14H20N4S/c1-10-5-6-12(7-11(10)2)9-19-14-17-16-13(8-15-3)18(14)4/h5-7,15H,8-9H2,1-4H3. The van der Waals surface area contributed by atoms with Crippen molar-refractivity contribution < 1.29 is 0 Å². The number of aromatic nitrogens is 3. The van der Waals surface area contributed by atoms with Crippen molar-refractivity contribution in [3.8, 4) is 0 Å². The van der Waals surface area contributed by atoms with Gasteiger partial charge in [0.1, 0.15) is 5.82 Å². The molecule has 2 rings (SSSR count). The summed E-state index contributed by atoms with van der Waals surface area (Å²) in [5.74, 6) is 1.89. The first-order chi connectivity index (χ1) is 9.11. The van der Waals surface area contributed by atoms with Crippen LogP contribution in [0.25, 0.3) is 0 Å². The molecule has 1 aromatic heterocycles. The lowest BCUT2D eigenvalue weighted by atomic mass is 10.1. The van der Waals surface area contributed by atoms with Gasteiger partial charge >= 0.3 is 0 Å². The fourth-order valence-electron chi connectivity index (χ4n) is 1.82. The van der Waals surface area contributed by atoms with Crippen molar-refractivity contribution in [1.82, 2.24) is 20.1 Å². The Hall–Kier alpha value is -1.33. The van der Waals surface area contributed by atoms with Gasteiger partial charge in [-0.2, -0.15) is 0 Å². The maximum Gasteiger partial charge on any atom is 0.191 e. The van der Waals surface area contributed by atoms with Crippen LogP contribution >= 0.6 is 11.8 Å². The molecule has 0 saturated carbocycles. The molecule has 4 nitrogen and oxygen atoms in total. The van der Waals surface area contributed by atoms with E-state index in [4.69, 9.17) is 0 Å². The minimum absolute atomic E-state index is 0.744. The van der Waals surface area contributed by atoms with Crippen LogP contribution < -0.4 is 5.32 Å². The molecule has 0 radical (unpaired) electrons. The van der Waals surface area contributed by atoms with Gasteiger partial charge in [0.2, 0.25) is 0 Å². The Morgan fingerprint density at radius 2 is 2.00 bits per heavy atom. The zero-order chi connectivity index (χ0) is 13.8. The molecule has 0 saturated heterocycles. The van der Waals surface area contributed by atoms with Crippen molar-refractivity contribution in [2.75, 3.05) is 7.05 Å². The monoisotopic (exact) mass is 276 g/mol. The highest BCUT2D eigenvalue weighted by Crippen LogP contribution is 2.22. The second-order valence-corrected chi connectivity index (χ2v) is 5.64. The van der Waals surface area contributed by atoms with E-state index in [1.54, 1.807) is 11.8 Å². The molecule has 102 valence electrons. The van der Waals surface area contributed by atoms with Crippen molar-refractivity contribution in [3.05, 3.63) is 40.7 Å². The van der Waals surface area contributed by atoms with E-state index in [-0.39, 0.29) is 0 Å². The van der Waals surface area contributed by atoms with Crippen LogP contribution in [0, 0.1) is 13.8 Å². The Kier molecular flexibility index (Phi) is 4.61. The van der Waals surface area contributed by atoms with Crippen LogP contribution in [-0.2, 0) is 19.3 Å². The van der Waals surface area contributed by atoms with E-state index >= 15 is 0 Å². The Morgan fingerprint density at radius 1 is 1.21 bits per heavy atom. The number of nitrogens with zero attached hydrogens (tertiary/aromatic N) is 3. The van der Waals surface area contributed by atoms with Crippen molar-refractivity contribution in [3.63, 3.8) is 0 Å². The van der Waals surface area contributed by atoms with E-state index in [0.29, 0.717) is 0 Å². The third-order valence-corrected chi connectivity index (χ3v) is 4.29. The molecule has 0 fully saturated rings. The summed E-state index contributed by atoms with van der Waals surface area (Å²) < 4.78 is 2.04. The minimum Gasteiger partial charge on any atom is -0.313 e. The molecule has 19 heavy (non-hydrogen) atoms. The second kappa shape index (κ2) is 6.21. The Labute approximate surface area is 118 Å². The molecular weight excluding hydrogens is 256 g/mol. The Bertz CT molecular complexity index is 563. The van der Waals surface area contributed by atoms with Crippen LogP contribution in [0.2, 0.25) is 0 Å². The molecular formula is C14H20N4S. The molecule has 0 aliphatic heterocycles. The highest BCUT2D eigenvalue weighted by atomic mass is 32.2. The van der Waals surface area contributed by atoms with E-state index < -0.39 is 0 Å². The number of hydrogen-bond acceptors (Lipinski definition) is 4. The predicted octanol–water partition coefficient (Wildman–Crippen LogP) is 2.44. The van der Waals surface area contributed by atoms with Crippen molar-refractivity contribution >= 4 is 11.8 Å². The van der Waals surface area contributed by atoms with Gasteiger partial charge in [0.15, 0.2) is 5.16 Å². The van der Waals surface area contributed by atoms with Crippen LogP contribution in [0.1, 0.15) is 22.5 Å². The normalized spacial score (nSPS) is 10.9. The molecule has 1 heterocycles. The van der Waals surface area contributed by atoms with Gasteiger partial charge in [-0.1, -0.05) is 30.0 Å². The smallest absolute Gasteiger partial charge is 0.191 e. The summed E-state index contributed by atoms with van der Waals surface area (Å²) in [6, 6.07) is 6.60. The van der Waals surface area contributed by atoms with Crippen LogP contribution in [0.15, 0.2) is 23.4 Å². The van der Waals surface area contributed by atoms with Crippen LogP contribution in [0.5, 0.6) is 0 Å². The maximum absolute atomic E-state index is 4.23. The maximum atomic E-state index is 4.23. The topological polar surface area (TPSA) is 42.7 Å². The lowest BCUT2D eigenvalue weighted by molar-refractivity contribution is 0.682. The molecule has 0 spiro atoms. The van der Waals surface area contributed by atoms with Crippen LogP contribution in [0.4, 0.5) is 0 Å². The van der Waals surface area contributed by atoms with Gasteiger partial charge < -0.3 is 9.88 Å². The van der Waals surface area contributed by atoms with Crippen LogP contribution in [-0.4, -0.2) is 21.8 Å². The highest BCUT2D eigenvalue weighted by Gasteiger charge is 2.08. The van der Waals surface area contributed by atoms with E-state index in [0.717, 1.165) is 23.3 Å². The molecule has 0 bridgehead atoms. The number of thioether (sulfide) groups is 1. The first kappa shape index (κ1) is 14.1. The molecule has 1 N–H and O–H groups in total. The molecule has 5 heteroatoms. The van der Waals surface area contributed by atoms with Gasteiger partial charge in [-0.15, -0.1) is 10.2 Å². The SMILES string of the molecule is CNCc1nnc(SCc2ccc(C)c(C)c2)n1C. The Balaban J connectivity index is 2.04. The summed E-state index contributed by atoms with van der Waals surface area (Å²) in [6.07, 6.45) is 0. The average molecular weight is 276 g/mol. The van der Waals surface area contributed by atoms with Crippen molar-refractivity contribution in [2.24, 2.45) is 7.05 Å². The number of hydrogen-bond donors (Lipinski definition) is 1. The van der Waals surface area contributed by atoms with Crippen LogP contribution in [0.3, 0.4) is 0 Å². The van der Waals surface area contributed by atoms with Gasteiger partial charge in [0, 0.05) is 12.8 Å². The molecule has 0 aliphatic rings. The summed E-state index contributed by atoms with van der Waals surface area (Å²) >= 11 is 1.72. The van der Waals surface area contributed by atoms with Gasteiger partial charge in [-0.3, -0.25) is 0 Å². The third-order valence-electron chi connectivity index (χ3n) is 3.20.